The Hall–Kier alpha value is -3.53. The smallest absolute Gasteiger partial charge is 0.337 e. The summed E-state index contributed by atoms with van der Waals surface area (Å²) in [5, 5.41) is 11.3. The lowest BCUT2D eigenvalue weighted by Crippen LogP contribution is -2.20. The predicted octanol–water partition coefficient (Wildman–Crippen LogP) is 2.57. The first-order chi connectivity index (χ1) is 12.6. The maximum Gasteiger partial charge on any atom is 0.337 e. The molecule has 0 atom stereocenters. The van der Waals surface area contributed by atoms with E-state index < -0.39 is 5.97 Å². The number of ether oxygens (including phenoxy) is 3. The Balaban J connectivity index is 1.96. The fraction of sp³-hybridized carbons (Fsp3) is 0.211. The molecular weight excluding hydrogens is 336 g/mol. The second-order valence-electron chi connectivity index (χ2n) is 5.23. The third kappa shape index (κ3) is 4.98. The molecule has 0 bridgehead atoms. The van der Waals surface area contributed by atoms with E-state index in [0.29, 0.717) is 29.2 Å². The summed E-state index contributed by atoms with van der Waals surface area (Å²) in [6.07, 6.45) is 0.318. The molecule has 0 aromatic heterocycles. The van der Waals surface area contributed by atoms with Gasteiger partial charge in [-0.3, -0.25) is 4.79 Å². The van der Waals surface area contributed by atoms with Gasteiger partial charge >= 0.3 is 5.97 Å². The highest BCUT2D eigenvalue weighted by molar-refractivity contribution is 5.92. The summed E-state index contributed by atoms with van der Waals surface area (Å²) in [5.41, 5.74) is 1.80. The highest BCUT2D eigenvalue weighted by atomic mass is 16.5. The van der Waals surface area contributed by atoms with E-state index in [-0.39, 0.29) is 12.5 Å². The first-order valence-corrected chi connectivity index (χ1v) is 7.72. The molecule has 0 heterocycles. The van der Waals surface area contributed by atoms with Crippen molar-refractivity contribution in [2.75, 3.05) is 26.1 Å². The number of methoxy groups -OCH3 is 2. The number of nitriles is 1. The van der Waals surface area contributed by atoms with Gasteiger partial charge in [-0.25, -0.2) is 4.79 Å². The van der Waals surface area contributed by atoms with Crippen LogP contribution >= 0.6 is 0 Å². The number of anilines is 1. The average molecular weight is 354 g/mol. The van der Waals surface area contributed by atoms with Crippen molar-refractivity contribution < 1.29 is 23.8 Å². The van der Waals surface area contributed by atoms with Crippen LogP contribution in [0.2, 0.25) is 0 Å². The Labute approximate surface area is 151 Å². The quantitative estimate of drug-likeness (QED) is 0.768. The maximum atomic E-state index is 12.0. The second-order valence-corrected chi connectivity index (χ2v) is 5.23. The molecular formula is C19H18N2O5. The van der Waals surface area contributed by atoms with Crippen LogP contribution in [0, 0.1) is 11.3 Å². The number of rotatable bonds is 7. The van der Waals surface area contributed by atoms with E-state index in [2.05, 4.69) is 16.1 Å². The first kappa shape index (κ1) is 18.8. The molecule has 0 aliphatic carbocycles. The molecule has 0 radical (unpaired) electrons. The van der Waals surface area contributed by atoms with Crippen LogP contribution in [-0.4, -0.2) is 32.7 Å². The highest BCUT2D eigenvalue weighted by Gasteiger charge is 2.12. The molecule has 26 heavy (non-hydrogen) atoms. The monoisotopic (exact) mass is 354 g/mol. The number of nitrogens with zero attached hydrogens (tertiary/aromatic N) is 1. The van der Waals surface area contributed by atoms with Gasteiger partial charge in [0.25, 0.3) is 5.91 Å². The predicted molar refractivity (Wildman–Crippen MR) is 94.2 cm³/mol. The van der Waals surface area contributed by atoms with Gasteiger partial charge in [-0.2, -0.15) is 5.26 Å². The molecule has 2 aromatic carbocycles. The number of hydrogen-bond donors (Lipinski definition) is 1. The molecule has 134 valence electrons. The zero-order valence-corrected chi connectivity index (χ0v) is 14.4. The summed E-state index contributed by atoms with van der Waals surface area (Å²) < 4.78 is 15.3. The van der Waals surface area contributed by atoms with Crippen LogP contribution < -0.4 is 14.8 Å². The number of nitrogens with one attached hydrogen (secondary N) is 1. The van der Waals surface area contributed by atoms with E-state index in [0.717, 1.165) is 5.56 Å². The van der Waals surface area contributed by atoms with Crippen LogP contribution in [0.1, 0.15) is 15.9 Å². The van der Waals surface area contributed by atoms with E-state index in [1.807, 2.05) is 0 Å². The molecule has 2 aromatic rings. The lowest BCUT2D eigenvalue weighted by atomic mass is 10.1. The van der Waals surface area contributed by atoms with Crippen molar-refractivity contribution in [1.29, 1.82) is 5.26 Å². The van der Waals surface area contributed by atoms with Crippen molar-refractivity contribution >= 4 is 17.6 Å². The van der Waals surface area contributed by atoms with Crippen LogP contribution in [0.4, 0.5) is 5.69 Å². The molecule has 0 aliphatic rings. The standard InChI is InChI=1S/C19H18N2O5/c1-24-17-11-14(19(23)25-2)5-8-16(17)26-12-18(22)21-15-6-3-13(4-7-15)9-10-20/h3-8,11H,9,12H2,1-2H3,(H,21,22). The van der Waals surface area contributed by atoms with Crippen molar-refractivity contribution in [3.8, 4) is 17.6 Å². The fourth-order valence-corrected chi connectivity index (χ4v) is 2.17. The lowest BCUT2D eigenvalue weighted by molar-refractivity contribution is -0.118. The van der Waals surface area contributed by atoms with E-state index in [1.165, 1.54) is 32.4 Å². The van der Waals surface area contributed by atoms with Crippen molar-refractivity contribution in [2.24, 2.45) is 0 Å². The Bertz CT molecular complexity index is 825. The summed E-state index contributed by atoms with van der Waals surface area (Å²) in [5.74, 6) is -0.189. The number of carbonyl (C=O) groups excluding carboxylic acids is 2. The molecule has 7 nitrogen and oxygen atoms in total. The normalized spacial score (nSPS) is 9.73. The molecule has 0 aliphatic heterocycles. The van der Waals surface area contributed by atoms with Crippen molar-refractivity contribution in [2.45, 2.75) is 6.42 Å². The molecule has 0 unspecified atom stereocenters. The number of hydrogen-bond acceptors (Lipinski definition) is 6. The third-order valence-corrected chi connectivity index (χ3v) is 3.46. The molecule has 0 fully saturated rings. The maximum absolute atomic E-state index is 12.0. The van der Waals surface area contributed by atoms with Gasteiger partial charge in [-0.1, -0.05) is 12.1 Å². The average Bonchev–Trinajstić information content (AvgIpc) is 2.67. The Morgan fingerprint density at radius 1 is 1.08 bits per heavy atom. The minimum Gasteiger partial charge on any atom is -0.493 e. The van der Waals surface area contributed by atoms with Crippen LogP contribution in [0.3, 0.4) is 0 Å². The van der Waals surface area contributed by atoms with E-state index in [4.69, 9.17) is 14.7 Å². The van der Waals surface area contributed by atoms with Crippen molar-refractivity contribution in [3.05, 3.63) is 53.6 Å². The minimum atomic E-state index is -0.493. The van der Waals surface area contributed by atoms with Crippen molar-refractivity contribution in [1.82, 2.24) is 0 Å². The summed E-state index contributed by atoms with van der Waals surface area (Å²) >= 11 is 0. The van der Waals surface area contributed by atoms with Gasteiger partial charge in [0.15, 0.2) is 18.1 Å². The number of amides is 1. The van der Waals surface area contributed by atoms with Gasteiger partial charge in [-0.15, -0.1) is 0 Å². The van der Waals surface area contributed by atoms with Crippen molar-refractivity contribution in [3.63, 3.8) is 0 Å². The van der Waals surface area contributed by atoms with E-state index in [1.54, 1.807) is 24.3 Å². The SMILES string of the molecule is COC(=O)c1ccc(OCC(=O)Nc2ccc(CC#N)cc2)c(OC)c1. The molecule has 2 rings (SSSR count). The third-order valence-electron chi connectivity index (χ3n) is 3.46. The van der Waals surface area contributed by atoms with E-state index >= 15 is 0 Å². The first-order valence-electron chi connectivity index (χ1n) is 7.72. The Kier molecular flexibility index (Phi) is 6.57. The molecule has 7 heteroatoms. The fourth-order valence-electron chi connectivity index (χ4n) is 2.17. The molecule has 1 N–H and O–H groups in total. The summed E-state index contributed by atoms with van der Waals surface area (Å²) in [6.45, 7) is -0.228. The van der Waals surface area contributed by atoms with Gasteiger partial charge in [0.1, 0.15) is 0 Å². The molecule has 0 saturated heterocycles. The van der Waals surface area contributed by atoms with Gasteiger partial charge in [0.2, 0.25) is 0 Å². The Morgan fingerprint density at radius 3 is 2.42 bits per heavy atom. The van der Waals surface area contributed by atoms with Crippen LogP contribution in [0.25, 0.3) is 0 Å². The lowest BCUT2D eigenvalue weighted by Gasteiger charge is -2.12. The Morgan fingerprint density at radius 2 is 1.81 bits per heavy atom. The van der Waals surface area contributed by atoms with Gasteiger partial charge in [0.05, 0.1) is 32.3 Å². The topological polar surface area (TPSA) is 97.6 Å². The van der Waals surface area contributed by atoms with Crippen LogP contribution in [-0.2, 0) is 16.0 Å². The number of esters is 1. The van der Waals surface area contributed by atoms with Crippen LogP contribution in [0.15, 0.2) is 42.5 Å². The number of carbonyl (C=O) groups is 2. The van der Waals surface area contributed by atoms with Gasteiger partial charge in [-0.05, 0) is 35.9 Å². The summed E-state index contributed by atoms with van der Waals surface area (Å²) in [6, 6.07) is 13.6. The zero-order chi connectivity index (χ0) is 18.9. The molecule has 0 saturated carbocycles. The number of benzene rings is 2. The molecule has 0 spiro atoms. The minimum absolute atomic E-state index is 0.228. The summed E-state index contributed by atoms with van der Waals surface area (Å²) in [4.78, 5) is 23.5. The van der Waals surface area contributed by atoms with Crippen LogP contribution in [0.5, 0.6) is 11.5 Å². The van der Waals surface area contributed by atoms with Gasteiger partial charge in [0, 0.05) is 5.69 Å². The zero-order valence-electron chi connectivity index (χ0n) is 14.4. The second kappa shape index (κ2) is 9.08. The van der Waals surface area contributed by atoms with E-state index in [9.17, 15) is 9.59 Å². The van der Waals surface area contributed by atoms with Gasteiger partial charge < -0.3 is 19.5 Å². The highest BCUT2D eigenvalue weighted by Crippen LogP contribution is 2.28. The molecule has 1 amide bonds. The largest absolute Gasteiger partial charge is 0.493 e. The summed E-state index contributed by atoms with van der Waals surface area (Å²) in [7, 11) is 2.72.